The minimum Gasteiger partial charge on any atom is -0.272 e. The normalized spacial score (nSPS) is 17.4. The molecule has 2 heterocycles. The van der Waals surface area contributed by atoms with Gasteiger partial charge in [-0.15, -0.1) is 0 Å². The molecule has 156 valence electrons. The highest BCUT2D eigenvalue weighted by Gasteiger charge is 2.32. The summed E-state index contributed by atoms with van der Waals surface area (Å²) in [5.41, 5.74) is 6.77. The van der Waals surface area contributed by atoms with Crippen molar-refractivity contribution in [2.45, 2.75) is 18.9 Å². The summed E-state index contributed by atoms with van der Waals surface area (Å²) in [6.45, 7) is 0. The molecular weight excluding hydrogens is 436 g/mol. The van der Waals surface area contributed by atoms with E-state index in [1.54, 1.807) is 0 Å². The predicted molar refractivity (Wildman–Crippen MR) is 131 cm³/mol. The van der Waals surface area contributed by atoms with Gasteiger partial charge in [0.2, 0.25) is 0 Å². The second-order valence-electron chi connectivity index (χ2n) is 8.08. The van der Waals surface area contributed by atoms with Crippen LogP contribution in [0.15, 0.2) is 94.2 Å². The van der Waals surface area contributed by atoms with Crippen molar-refractivity contribution in [2.75, 3.05) is 0 Å². The van der Waals surface area contributed by atoms with Gasteiger partial charge in [0.05, 0.1) is 16.3 Å². The van der Waals surface area contributed by atoms with E-state index in [4.69, 9.17) is 16.6 Å². The number of halogens is 1. The fourth-order valence-corrected chi connectivity index (χ4v) is 5.80. The molecule has 6 rings (SSSR count). The molecule has 1 aromatic heterocycles. The zero-order chi connectivity index (χ0) is 21.7. The number of aryl methyl sites for hydroxylation is 1. The molecule has 0 bridgehead atoms. The van der Waals surface area contributed by atoms with Crippen LogP contribution in [-0.4, -0.2) is 4.57 Å². The van der Waals surface area contributed by atoms with E-state index in [1.807, 2.05) is 65.2 Å². The lowest BCUT2D eigenvalue weighted by Gasteiger charge is -2.30. The van der Waals surface area contributed by atoms with Crippen molar-refractivity contribution in [1.29, 1.82) is 0 Å². The molecule has 0 N–H and O–H groups in total. The molecule has 4 aromatic rings. The van der Waals surface area contributed by atoms with Crippen LogP contribution >= 0.6 is 22.9 Å². The van der Waals surface area contributed by atoms with Crippen LogP contribution in [0, 0.1) is 0 Å². The first-order valence-corrected chi connectivity index (χ1v) is 11.8. The van der Waals surface area contributed by atoms with Gasteiger partial charge in [-0.1, -0.05) is 89.7 Å². The standard InChI is InChI=1S/C27H19ClN2OS/c28-20-13-10-19(11-14-20)25-22-15-12-18-8-4-5-9-21(18)24(22)29-27-30(25)26(31)23(32-27)16-17-6-2-1-3-7-17/h1-11,13-14,16,25H,12,15H2. The van der Waals surface area contributed by atoms with E-state index in [9.17, 15) is 4.79 Å². The molecule has 1 unspecified atom stereocenters. The van der Waals surface area contributed by atoms with Gasteiger partial charge in [0.15, 0.2) is 4.80 Å². The highest BCUT2D eigenvalue weighted by molar-refractivity contribution is 7.07. The van der Waals surface area contributed by atoms with Crippen LogP contribution in [0.3, 0.4) is 0 Å². The predicted octanol–water partition coefficient (Wildman–Crippen LogP) is 4.97. The van der Waals surface area contributed by atoms with Crippen LogP contribution in [0.25, 0.3) is 11.8 Å². The first-order chi connectivity index (χ1) is 15.7. The Morgan fingerprint density at radius 1 is 0.938 bits per heavy atom. The Hall–Kier alpha value is -3.21. The molecule has 0 spiro atoms. The number of allylic oxidation sites excluding steroid dienone is 1. The van der Waals surface area contributed by atoms with Gasteiger partial charge in [-0.25, -0.2) is 4.99 Å². The molecule has 2 aliphatic rings. The van der Waals surface area contributed by atoms with E-state index >= 15 is 0 Å². The fourth-order valence-electron chi connectivity index (χ4n) is 4.67. The summed E-state index contributed by atoms with van der Waals surface area (Å²) >= 11 is 7.64. The minimum absolute atomic E-state index is 0.00274. The first kappa shape index (κ1) is 19.5. The average molecular weight is 455 g/mol. The van der Waals surface area contributed by atoms with Crippen LogP contribution in [0.5, 0.6) is 0 Å². The van der Waals surface area contributed by atoms with E-state index in [-0.39, 0.29) is 11.6 Å². The lowest BCUT2D eigenvalue weighted by atomic mass is 9.83. The molecular formula is C27H19ClN2OS. The molecule has 32 heavy (non-hydrogen) atoms. The third kappa shape index (κ3) is 3.19. The quantitative estimate of drug-likeness (QED) is 0.421. The van der Waals surface area contributed by atoms with Crippen LogP contribution in [-0.2, 0) is 6.42 Å². The summed E-state index contributed by atoms with van der Waals surface area (Å²) in [6, 6.07) is 26.1. The smallest absolute Gasteiger partial charge is 0.271 e. The molecule has 1 atom stereocenters. The number of nitrogens with zero attached hydrogens (tertiary/aromatic N) is 2. The maximum absolute atomic E-state index is 13.6. The Morgan fingerprint density at radius 3 is 2.50 bits per heavy atom. The van der Waals surface area contributed by atoms with E-state index in [2.05, 4.69) is 24.3 Å². The van der Waals surface area contributed by atoms with Gasteiger partial charge in [0.1, 0.15) is 0 Å². The molecule has 3 aromatic carbocycles. The number of fused-ring (bicyclic) bond motifs is 3. The summed E-state index contributed by atoms with van der Waals surface area (Å²) in [5.74, 6) is 0. The summed E-state index contributed by atoms with van der Waals surface area (Å²) in [7, 11) is 0. The van der Waals surface area contributed by atoms with Crippen LogP contribution in [0.2, 0.25) is 5.02 Å². The zero-order valence-corrected chi connectivity index (χ0v) is 18.7. The first-order valence-electron chi connectivity index (χ1n) is 10.6. The molecule has 1 aliphatic carbocycles. The van der Waals surface area contributed by atoms with Crippen molar-refractivity contribution >= 4 is 34.7 Å². The maximum Gasteiger partial charge on any atom is 0.271 e. The zero-order valence-electron chi connectivity index (χ0n) is 17.2. The maximum atomic E-state index is 13.6. The SMILES string of the molecule is O=c1c(=Cc2ccccc2)sc2n1C(c1ccc(Cl)cc1)C1=C(N=2)c2ccccc2CC1. The van der Waals surface area contributed by atoms with Crippen molar-refractivity contribution in [3.63, 3.8) is 0 Å². The van der Waals surface area contributed by atoms with Crippen LogP contribution in [0.4, 0.5) is 0 Å². The second-order valence-corrected chi connectivity index (χ2v) is 9.52. The van der Waals surface area contributed by atoms with Gasteiger partial charge in [0, 0.05) is 10.6 Å². The second kappa shape index (κ2) is 7.73. The number of thiazole rings is 1. The van der Waals surface area contributed by atoms with Crippen molar-refractivity contribution in [1.82, 2.24) is 4.57 Å². The molecule has 5 heteroatoms. The van der Waals surface area contributed by atoms with E-state index in [0.717, 1.165) is 34.5 Å². The Bertz CT molecular complexity index is 1550. The fraction of sp³-hybridized carbons (Fsp3) is 0.111. The molecule has 3 nitrogen and oxygen atoms in total. The van der Waals surface area contributed by atoms with Gasteiger partial charge in [-0.3, -0.25) is 9.36 Å². The van der Waals surface area contributed by atoms with E-state index in [0.29, 0.717) is 9.55 Å². The van der Waals surface area contributed by atoms with Gasteiger partial charge in [-0.2, -0.15) is 0 Å². The Balaban J connectivity index is 1.64. The van der Waals surface area contributed by atoms with Crippen LogP contribution < -0.4 is 14.9 Å². The number of aromatic nitrogens is 1. The number of benzene rings is 3. The summed E-state index contributed by atoms with van der Waals surface area (Å²) in [5, 5.41) is 0.688. The van der Waals surface area contributed by atoms with Gasteiger partial charge < -0.3 is 0 Å². The topological polar surface area (TPSA) is 34.4 Å². The average Bonchev–Trinajstić information content (AvgIpc) is 3.13. The Morgan fingerprint density at radius 2 is 1.69 bits per heavy atom. The summed E-state index contributed by atoms with van der Waals surface area (Å²) < 4.78 is 2.57. The molecule has 0 amide bonds. The van der Waals surface area contributed by atoms with Crippen molar-refractivity contribution < 1.29 is 0 Å². The van der Waals surface area contributed by atoms with Crippen molar-refractivity contribution in [2.24, 2.45) is 4.99 Å². The molecule has 0 fully saturated rings. The van der Waals surface area contributed by atoms with Crippen molar-refractivity contribution in [3.05, 3.63) is 131 Å². The highest BCUT2D eigenvalue weighted by atomic mass is 35.5. The monoisotopic (exact) mass is 454 g/mol. The van der Waals surface area contributed by atoms with Crippen molar-refractivity contribution in [3.8, 4) is 0 Å². The van der Waals surface area contributed by atoms with Gasteiger partial charge >= 0.3 is 0 Å². The van der Waals surface area contributed by atoms with E-state index < -0.39 is 0 Å². The third-order valence-corrected chi connectivity index (χ3v) is 7.39. The minimum atomic E-state index is -0.176. The van der Waals surface area contributed by atoms with Gasteiger partial charge in [0.25, 0.3) is 5.56 Å². The Kier molecular flexibility index (Phi) is 4.71. The van der Waals surface area contributed by atoms with Crippen LogP contribution in [0.1, 0.15) is 34.7 Å². The lowest BCUT2D eigenvalue weighted by molar-refractivity contribution is 0.585. The molecule has 0 saturated carbocycles. The number of hydrogen-bond donors (Lipinski definition) is 0. The van der Waals surface area contributed by atoms with E-state index in [1.165, 1.54) is 28.0 Å². The highest BCUT2D eigenvalue weighted by Crippen LogP contribution is 2.41. The summed E-state index contributed by atoms with van der Waals surface area (Å²) in [6.07, 6.45) is 3.79. The third-order valence-electron chi connectivity index (χ3n) is 6.16. The summed E-state index contributed by atoms with van der Waals surface area (Å²) in [4.78, 5) is 19.4. The van der Waals surface area contributed by atoms with Gasteiger partial charge in [-0.05, 0) is 53.3 Å². The molecule has 0 radical (unpaired) electrons. The lowest BCUT2D eigenvalue weighted by Crippen LogP contribution is -2.38. The number of hydrogen-bond acceptors (Lipinski definition) is 3. The number of rotatable bonds is 2. The molecule has 0 saturated heterocycles. The Labute approximate surface area is 194 Å². The largest absolute Gasteiger partial charge is 0.272 e. The molecule has 1 aliphatic heterocycles.